The molecule has 2 rings (SSSR count). The number of phenolic OH excluding ortho intramolecular Hbond substituents is 1. The highest BCUT2D eigenvalue weighted by Gasteiger charge is 2.12. The van der Waals surface area contributed by atoms with Crippen LogP contribution >= 0.6 is 0 Å². The van der Waals surface area contributed by atoms with Crippen LogP contribution in [-0.4, -0.2) is 11.3 Å². The van der Waals surface area contributed by atoms with E-state index in [0.717, 1.165) is 30.5 Å². The molecule has 0 spiro atoms. The lowest BCUT2D eigenvalue weighted by Crippen LogP contribution is -1.84. The Morgan fingerprint density at radius 2 is 2.12 bits per heavy atom. The number of nitrogens with zero attached hydrogens (tertiary/aromatic N) is 2. The fraction of sp³-hybridized carbons (Fsp3) is 0.231. The molecule has 1 aromatic rings. The van der Waals surface area contributed by atoms with E-state index in [1.165, 1.54) is 0 Å². The summed E-state index contributed by atoms with van der Waals surface area (Å²) in [6, 6.07) is 9.19. The van der Waals surface area contributed by atoms with E-state index < -0.39 is 0 Å². The predicted molar refractivity (Wildman–Crippen MR) is 62.2 cm³/mol. The van der Waals surface area contributed by atoms with Gasteiger partial charge in [0.1, 0.15) is 5.75 Å². The lowest BCUT2D eigenvalue weighted by molar-refractivity contribution is 0.474. The van der Waals surface area contributed by atoms with Gasteiger partial charge in [-0.2, -0.15) is 5.26 Å². The van der Waals surface area contributed by atoms with E-state index in [0.29, 0.717) is 5.56 Å². The van der Waals surface area contributed by atoms with Crippen molar-refractivity contribution in [2.24, 2.45) is 4.99 Å². The van der Waals surface area contributed by atoms with Gasteiger partial charge in [0.25, 0.3) is 0 Å². The van der Waals surface area contributed by atoms with Crippen molar-refractivity contribution in [1.82, 2.24) is 0 Å². The van der Waals surface area contributed by atoms with Crippen LogP contribution in [0.1, 0.15) is 24.8 Å². The van der Waals surface area contributed by atoms with E-state index in [1.807, 2.05) is 6.07 Å². The molecule has 0 heterocycles. The molecule has 3 nitrogen and oxygen atoms in total. The van der Waals surface area contributed by atoms with E-state index in [2.05, 4.69) is 11.1 Å². The first-order valence-electron chi connectivity index (χ1n) is 5.25. The third kappa shape index (κ3) is 2.12. The Labute approximate surface area is 94.4 Å². The number of hydrogen-bond acceptors (Lipinski definition) is 3. The summed E-state index contributed by atoms with van der Waals surface area (Å²) in [4.78, 5) is 4.28. The first kappa shape index (κ1) is 10.4. The van der Waals surface area contributed by atoms with E-state index in [4.69, 9.17) is 5.26 Å². The Hall–Kier alpha value is -2.08. The number of aromatic hydroxyl groups is 1. The van der Waals surface area contributed by atoms with Crippen LogP contribution in [0, 0.1) is 11.3 Å². The van der Waals surface area contributed by atoms with Gasteiger partial charge in [0, 0.05) is 11.8 Å². The second-order valence-corrected chi connectivity index (χ2v) is 3.71. The molecule has 1 aromatic carbocycles. The molecule has 3 heteroatoms. The summed E-state index contributed by atoms with van der Waals surface area (Å²) >= 11 is 0. The molecule has 0 fully saturated rings. The normalized spacial score (nSPS) is 15.7. The van der Waals surface area contributed by atoms with Gasteiger partial charge in [0.15, 0.2) is 0 Å². The first-order valence-corrected chi connectivity index (χ1v) is 5.25. The Bertz CT molecular complexity index is 495. The van der Waals surface area contributed by atoms with E-state index in [-0.39, 0.29) is 5.75 Å². The maximum atomic E-state index is 9.54. The third-order valence-corrected chi connectivity index (χ3v) is 2.62. The average molecular weight is 212 g/mol. The highest BCUT2D eigenvalue weighted by Crippen LogP contribution is 2.26. The third-order valence-electron chi connectivity index (χ3n) is 2.62. The summed E-state index contributed by atoms with van der Waals surface area (Å²) in [5.41, 5.74) is 2.30. The minimum absolute atomic E-state index is 0.211. The number of para-hydroxylation sites is 1. The molecule has 0 saturated heterocycles. The monoisotopic (exact) mass is 212 g/mol. The van der Waals surface area contributed by atoms with Gasteiger partial charge in [0.05, 0.1) is 17.3 Å². The molecule has 0 unspecified atom stereocenters. The average Bonchev–Trinajstić information content (AvgIpc) is 2.75. The lowest BCUT2D eigenvalue weighted by Gasteiger charge is -1.97. The topological polar surface area (TPSA) is 56.4 Å². The van der Waals surface area contributed by atoms with Crippen molar-refractivity contribution in [1.29, 1.82) is 5.26 Å². The molecule has 80 valence electrons. The summed E-state index contributed by atoms with van der Waals surface area (Å²) in [7, 11) is 0. The zero-order valence-electron chi connectivity index (χ0n) is 8.85. The zero-order valence-corrected chi connectivity index (χ0v) is 8.85. The van der Waals surface area contributed by atoms with Crippen molar-refractivity contribution >= 4 is 6.21 Å². The van der Waals surface area contributed by atoms with Gasteiger partial charge in [-0.25, -0.2) is 0 Å². The molecule has 0 amide bonds. The highest BCUT2D eigenvalue weighted by atomic mass is 16.3. The van der Waals surface area contributed by atoms with E-state index in [9.17, 15) is 5.11 Å². The number of nitriles is 1. The fourth-order valence-electron chi connectivity index (χ4n) is 1.73. The number of benzene rings is 1. The van der Waals surface area contributed by atoms with Crippen LogP contribution in [0.3, 0.4) is 0 Å². The van der Waals surface area contributed by atoms with Crippen LogP contribution in [0.25, 0.3) is 0 Å². The molecule has 0 bridgehead atoms. The minimum Gasteiger partial charge on any atom is -0.507 e. The summed E-state index contributed by atoms with van der Waals surface area (Å²) in [6.45, 7) is 0. The molecule has 1 N–H and O–H groups in total. The van der Waals surface area contributed by atoms with Crippen molar-refractivity contribution < 1.29 is 5.11 Å². The second kappa shape index (κ2) is 4.63. The Morgan fingerprint density at radius 1 is 1.31 bits per heavy atom. The zero-order chi connectivity index (χ0) is 11.4. The first-order chi connectivity index (χ1) is 7.81. The van der Waals surface area contributed by atoms with Gasteiger partial charge in [-0.15, -0.1) is 0 Å². The molecular weight excluding hydrogens is 200 g/mol. The summed E-state index contributed by atoms with van der Waals surface area (Å²) in [5.74, 6) is 0.211. The smallest absolute Gasteiger partial charge is 0.124 e. The van der Waals surface area contributed by atoms with E-state index >= 15 is 0 Å². The van der Waals surface area contributed by atoms with Gasteiger partial charge >= 0.3 is 0 Å². The molecule has 1 aliphatic rings. The molecule has 0 saturated carbocycles. The second-order valence-electron chi connectivity index (χ2n) is 3.71. The van der Waals surface area contributed by atoms with Gasteiger partial charge < -0.3 is 5.11 Å². The summed E-state index contributed by atoms with van der Waals surface area (Å²) < 4.78 is 0. The van der Waals surface area contributed by atoms with Gasteiger partial charge in [-0.1, -0.05) is 12.1 Å². The van der Waals surface area contributed by atoms with Crippen LogP contribution < -0.4 is 0 Å². The Balaban J connectivity index is 2.23. The number of hydrogen-bond donors (Lipinski definition) is 1. The molecule has 0 radical (unpaired) electrons. The van der Waals surface area contributed by atoms with Gasteiger partial charge in [-0.05, 0) is 31.4 Å². The van der Waals surface area contributed by atoms with Crippen molar-refractivity contribution in [2.45, 2.75) is 19.3 Å². The lowest BCUT2D eigenvalue weighted by atomic mass is 10.2. The van der Waals surface area contributed by atoms with Crippen molar-refractivity contribution in [2.75, 3.05) is 0 Å². The minimum atomic E-state index is 0.211. The van der Waals surface area contributed by atoms with Crippen LogP contribution in [0.5, 0.6) is 5.75 Å². The SMILES string of the molecule is N#CC1=C(N=Cc2ccccc2O)CCC1. The maximum Gasteiger partial charge on any atom is 0.124 e. The molecule has 1 aliphatic carbocycles. The molecule has 0 atom stereocenters. The van der Waals surface area contributed by atoms with Crippen LogP contribution in [0.2, 0.25) is 0 Å². The van der Waals surface area contributed by atoms with Crippen LogP contribution in [0.15, 0.2) is 40.5 Å². The van der Waals surface area contributed by atoms with Crippen molar-refractivity contribution in [3.8, 4) is 11.8 Å². The summed E-state index contributed by atoms with van der Waals surface area (Å²) in [6.07, 6.45) is 4.29. The number of allylic oxidation sites excluding steroid dienone is 2. The quantitative estimate of drug-likeness (QED) is 0.766. The van der Waals surface area contributed by atoms with Gasteiger partial charge in [-0.3, -0.25) is 4.99 Å². The predicted octanol–water partition coefficient (Wildman–Crippen LogP) is 2.77. The fourth-order valence-corrected chi connectivity index (χ4v) is 1.73. The van der Waals surface area contributed by atoms with E-state index in [1.54, 1.807) is 24.4 Å². The molecule has 0 aromatic heterocycles. The maximum absolute atomic E-state index is 9.54. The molecule has 16 heavy (non-hydrogen) atoms. The Morgan fingerprint density at radius 3 is 2.88 bits per heavy atom. The number of rotatable bonds is 2. The van der Waals surface area contributed by atoms with Gasteiger partial charge in [0.2, 0.25) is 0 Å². The number of phenols is 1. The highest BCUT2D eigenvalue weighted by molar-refractivity contribution is 5.84. The van der Waals surface area contributed by atoms with Crippen molar-refractivity contribution in [3.63, 3.8) is 0 Å². The van der Waals surface area contributed by atoms with Crippen molar-refractivity contribution in [3.05, 3.63) is 41.1 Å². The molecular formula is C13H12N2O. The standard InChI is InChI=1S/C13H12N2O/c14-8-10-5-3-6-12(10)15-9-11-4-1-2-7-13(11)16/h1-2,4,7,9,16H,3,5-6H2. The van der Waals surface area contributed by atoms with Crippen LogP contribution in [-0.2, 0) is 0 Å². The largest absolute Gasteiger partial charge is 0.507 e. The Kier molecular flexibility index (Phi) is 3.02. The molecule has 0 aliphatic heterocycles. The summed E-state index contributed by atoms with van der Waals surface area (Å²) in [5, 5.41) is 18.4. The van der Waals surface area contributed by atoms with Crippen LogP contribution in [0.4, 0.5) is 0 Å². The number of aliphatic imine (C=N–C) groups is 1.